The van der Waals surface area contributed by atoms with Gasteiger partial charge in [0.15, 0.2) is 0 Å². The Kier molecular flexibility index (Phi) is 4.74. The van der Waals surface area contributed by atoms with Gasteiger partial charge in [-0.1, -0.05) is 6.07 Å². The van der Waals surface area contributed by atoms with E-state index >= 15 is 0 Å². The van der Waals surface area contributed by atoms with E-state index in [0.29, 0.717) is 11.9 Å². The standard InChI is InChI=1S/C17H26N4O/c1-13(15-3-2-6-19-12-15)20-7-9-21(10-8-20)17(22)14-4-5-16(18)11-14/h2-3,6,12-14,16H,4-5,7-11,18H2,1H3/t13-,14-,16-/m1/s1. The van der Waals surface area contributed by atoms with E-state index in [9.17, 15) is 4.79 Å². The minimum atomic E-state index is 0.164. The lowest BCUT2D eigenvalue weighted by Crippen LogP contribution is -2.50. The normalized spacial score (nSPS) is 27.8. The first kappa shape index (κ1) is 15.4. The van der Waals surface area contributed by atoms with Gasteiger partial charge in [0, 0.05) is 56.6 Å². The van der Waals surface area contributed by atoms with Crippen molar-refractivity contribution < 1.29 is 4.79 Å². The van der Waals surface area contributed by atoms with Gasteiger partial charge >= 0.3 is 0 Å². The number of pyridine rings is 1. The van der Waals surface area contributed by atoms with Gasteiger partial charge in [0.1, 0.15) is 0 Å². The molecule has 120 valence electrons. The first-order chi connectivity index (χ1) is 10.6. The average molecular weight is 302 g/mol. The molecular formula is C17H26N4O. The Morgan fingerprint density at radius 3 is 2.68 bits per heavy atom. The van der Waals surface area contributed by atoms with Crippen LogP contribution in [0.25, 0.3) is 0 Å². The SMILES string of the molecule is C[C@H](c1cccnc1)N1CCN(C(=O)[C@@H]2CC[C@@H](N)C2)CC1. The second kappa shape index (κ2) is 6.75. The van der Waals surface area contributed by atoms with E-state index in [1.807, 2.05) is 17.2 Å². The number of hydrogen-bond donors (Lipinski definition) is 1. The van der Waals surface area contributed by atoms with E-state index in [1.54, 1.807) is 6.20 Å². The predicted molar refractivity (Wildman–Crippen MR) is 86.1 cm³/mol. The molecule has 0 spiro atoms. The maximum atomic E-state index is 12.5. The molecule has 0 unspecified atom stereocenters. The molecule has 0 bridgehead atoms. The molecule has 0 radical (unpaired) electrons. The molecule has 0 aromatic carbocycles. The number of aromatic nitrogens is 1. The van der Waals surface area contributed by atoms with Crippen LogP contribution in [-0.4, -0.2) is 52.9 Å². The smallest absolute Gasteiger partial charge is 0.225 e. The minimum Gasteiger partial charge on any atom is -0.340 e. The van der Waals surface area contributed by atoms with Crippen LogP contribution < -0.4 is 5.73 Å². The summed E-state index contributed by atoms with van der Waals surface area (Å²) in [5.41, 5.74) is 7.17. The van der Waals surface area contributed by atoms with Crippen LogP contribution in [0.3, 0.4) is 0 Å². The Hall–Kier alpha value is -1.46. The number of nitrogens with two attached hydrogens (primary N) is 1. The van der Waals surface area contributed by atoms with Crippen molar-refractivity contribution in [2.24, 2.45) is 11.7 Å². The van der Waals surface area contributed by atoms with Crippen LogP contribution in [0, 0.1) is 5.92 Å². The quantitative estimate of drug-likeness (QED) is 0.917. The third-order valence-electron chi connectivity index (χ3n) is 5.16. The van der Waals surface area contributed by atoms with Crippen LogP contribution >= 0.6 is 0 Å². The molecule has 2 heterocycles. The first-order valence-corrected chi connectivity index (χ1v) is 8.33. The summed E-state index contributed by atoms with van der Waals surface area (Å²) in [6.07, 6.45) is 6.56. The second-order valence-electron chi connectivity index (χ2n) is 6.59. The molecule has 1 amide bonds. The van der Waals surface area contributed by atoms with Gasteiger partial charge in [-0.3, -0.25) is 14.7 Å². The number of nitrogens with zero attached hydrogens (tertiary/aromatic N) is 3. The summed E-state index contributed by atoms with van der Waals surface area (Å²) in [6.45, 7) is 5.73. The Balaban J connectivity index is 1.53. The molecule has 1 aliphatic carbocycles. The lowest BCUT2D eigenvalue weighted by atomic mass is 10.0. The molecular weight excluding hydrogens is 276 g/mol. The molecule has 3 rings (SSSR count). The third-order valence-corrected chi connectivity index (χ3v) is 5.16. The molecule has 1 saturated carbocycles. The van der Waals surface area contributed by atoms with Gasteiger partial charge < -0.3 is 10.6 Å². The van der Waals surface area contributed by atoms with Gasteiger partial charge in [0.05, 0.1) is 0 Å². The summed E-state index contributed by atoms with van der Waals surface area (Å²) in [6, 6.07) is 4.68. The summed E-state index contributed by atoms with van der Waals surface area (Å²) in [7, 11) is 0. The summed E-state index contributed by atoms with van der Waals surface area (Å²) >= 11 is 0. The Bertz CT molecular complexity index is 499. The van der Waals surface area contributed by atoms with Crippen molar-refractivity contribution >= 4 is 5.91 Å². The topological polar surface area (TPSA) is 62.5 Å². The number of carbonyl (C=O) groups excluding carboxylic acids is 1. The van der Waals surface area contributed by atoms with Crippen LogP contribution in [0.1, 0.15) is 37.8 Å². The minimum absolute atomic E-state index is 0.164. The zero-order valence-electron chi connectivity index (χ0n) is 13.3. The molecule has 2 N–H and O–H groups in total. The van der Waals surface area contributed by atoms with Crippen LogP contribution in [0.5, 0.6) is 0 Å². The van der Waals surface area contributed by atoms with Crippen molar-refractivity contribution in [3.05, 3.63) is 30.1 Å². The van der Waals surface area contributed by atoms with E-state index in [0.717, 1.165) is 45.4 Å². The molecule has 1 saturated heterocycles. The van der Waals surface area contributed by atoms with Crippen LogP contribution in [0.2, 0.25) is 0 Å². The maximum Gasteiger partial charge on any atom is 0.225 e. The highest BCUT2D eigenvalue weighted by atomic mass is 16.2. The lowest BCUT2D eigenvalue weighted by Gasteiger charge is -2.39. The summed E-state index contributed by atoms with van der Waals surface area (Å²) in [4.78, 5) is 21.2. The van der Waals surface area contributed by atoms with Gasteiger partial charge in [-0.15, -0.1) is 0 Å². The number of amides is 1. The van der Waals surface area contributed by atoms with E-state index in [4.69, 9.17) is 5.73 Å². The molecule has 1 aromatic rings. The highest BCUT2D eigenvalue weighted by Gasteiger charge is 2.33. The highest BCUT2D eigenvalue weighted by molar-refractivity contribution is 5.79. The van der Waals surface area contributed by atoms with E-state index in [1.165, 1.54) is 5.56 Å². The molecule has 2 fully saturated rings. The van der Waals surface area contributed by atoms with E-state index in [-0.39, 0.29) is 12.0 Å². The largest absolute Gasteiger partial charge is 0.340 e. The first-order valence-electron chi connectivity index (χ1n) is 8.33. The van der Waals surface area contributed by atoms with Crippen LogP contribution in [0.15, 0.2) is 24.5 Å². The highest BCUT2D eigenvalue weighted by Crippen LogP contribution is 2.27. The zero-order chi connectivity index (χ0) is 15.5. The Morgan fingerprint density at radius 2 is 2.09 bits per heavy atom. The zero-order valence-corrected chi connectivity index (χ0v) is 13.3. The number of piperazine rings is 1. The van der Waals surface area contributed by atoms with Crippen molar-refractivity contribution in [3.8, 4) is 0 Å². The number of rotatable bonds is 3. The fraction of sp³-hybridized carbons (Fsp3) is 0.647. The molecule has 5 heteroatoms. The molecule has 5 nitrogen and oxygen atoms in total. The van der Waals surface area contributed by atoms with Crippen molar-refractivity contribution in [2.75, 3.05) is 26.2 Å². The average Bonchev–Trinajstić information content (AvgIpc) is 3.01. The molecule has 3 atom stereocenters. The van der Waals surface area contributed by atoms with E-state index < -0.39 is 0 Å². The van der Waals surface area contributed by atoms with Crippen molar-refractivity contribution in [1.82, 2.24) is 14.8 Å². The molecule has 1 aromatic heterocycles. The predicted octanol–water partition coefficient (Wildman–Crippen LogP) is 1.41. The van der Waals surface area contributed by atoms with Crippen molar-refractivity contribution in [3.63, 3.8) is 0 Å². The van der Waals surface area contributed by atoms with E-state index in [2.05, 4.69) is 22.9 Å². The summed E-state index contributed by atoms with van der Waals surface area (Å²) < 4.78 is 0. The third kappa shape index (κ3) is 3.31. The molecule has 1 aliphatic heterocycles. The fourth-order valence-electron chi connectivity index (χ4n) is 3.66. The monoisotopic (exact) mass is 302 g/mol. The van der Waals surface area contributed by atoms with Crippen molar-refractivity contribution in [2.45, 2.75) is 38.3 Å². The molecule has 2 aliphatic rings. The second-order valence-corrected chi connectivity index (χ2v) is 6.59. The van der Waals surface area contributed by atoms with Gasteiger partial charge in [0.2, 0.25) is 5.91 Å². The fourth-order valence-corrected chi connectivity index (χ4v) is 3.66. The molecule has 22 heavy (non-hydrogen) atoms. The van der Waals surface area contributed by atoms with Gasteiger partial charge in [-0.05, 0) is 37.8 Å². The maximum absolute atomic E-state index is 12.5. The summed E-state index contributed by atoms with van der Waals surface area (Å²) in [5, 5.41) is 0. The Labute approximate surface area is 132 Å². The number of hydrogen-bond acceptors (Lipinski definition) is 4. The van der Waals surface area contributed by atoms with Crippen LogP contribution in [-0.2, 0) is 4.79 Å². The van der Waals surface area contributed by atoms with Gasteiger partial charge in [-0.2, -0.15) is 0 Å². The van der Waals surface area contributed by atoms with Crippen LogP contribution in [0.4, 0.5) is 0 Å². The number of carbonyl (C=O) groups is 1. The summed E-state index contributed by atoms with van der Waals surface area (Å²) in [5.74, 6) is 0.485. The van der Waals surface area contributed by atoms with Crippen molar-refractivity contribution in [1.29, 1.82) is 0 Å². The lowest BCUT2D eigenvalue weighted by molar-refractivity contribution is -0.137. The van der Waals surface area contributed by atoms with Gasteiger partial charge in [0.25, 0.3) is 0 Å². The van der Waals surface area contributed by atoms with Gasteiger partial charge in [-0.25, -0.2) is 0 Å². The Morgan fingerprint density at radius 1 is 1.32 bits per heavy atom.